The lowest BCUT2D eigenvalue weighted by atomic mass is 10.1. The number of hydrogen-bond donors (Lipinski definition) is 1. The van der Waals surface area contributed by atoms with E-state index in [0.717, 1.165) is 35.2 Å². The molecule has 0 saturated carbocycles. The van der Waals surface area contributed by atoms with Gasteiger partial charge < -0.3 is 10.2 Å². The van der Waals surface area contributed by atoms with Crippen molar-refractivity contribution >= 4 is 11.8 Å². The zero-order valence-electron chi connectivity index (χ0n) is 14.6. The number of nitrogens with one attached hydrogen (secondary N) is 1. The van der Waals surface area contributed by atoms with Gasteiger partial charge in [-0.2, -0.15) is 0 Å². The van der Waals surface area contributed by atoms with Crippen LogP contribution in [-0.4, -0.2) is 23.3 Å². The molecule has 1 fully saturated rings. The smallest absolute Gasteiger partial charge is 0.224 e. The summed E-state index contributed by atoms with van der Waals surface area (Å²) in [6.07, 6.45) is 1.97. The molecule has 1 aliphatic rings. The SMILES string of the molecule is Cc1cccc(CC(=O)NCc2ccccc2CN2CCCC2=O)c1. The first-order valence-corrected chi connectivity index (χ1v) is 8.78. The highest BCUT2D eigenvalue weighted by atomic mass is 16.2. The Morgan fingerprint density at radius 3 is 2.64 bits per heavy atom. The van der Waals surface area contributed by atoms with Gasteiger partial charge in [-0.1, -0.05) is 54.1 Å². The third kappa shape index (κ3) is 4.69. The van der Waals surface area contributed by atoms with Crippen LogP contribution in [0.3, 0.4) is 0 Å². The van der Waals surface area contributed by atoms with Crippen molar-refractivity contribution in [3.63, 3.8) is 0 Å². The van der Waals surface area contributed by atoms with Gasteiger partial charge >= 0.3 is 0 Å². The van der Waals surface area contributed by atoms with E-state index in [1.807, 2.05) is 60.4 Å². The lowest BCUT2D eigenvalue weighted by molar-refractivity contribution is -0.128. The highest BCUT2D eigenvalue weighted by Crippen LogP contribution is 2.17. The molecular weight excluding hydrogens is 312 g/mol. The predicted octanol–water partition coefficient (Wildman–Crippen LogP) is 2.98. The van der Waals surface area contributed by atoms with Gasteiger partial charge in [0.2, 0.25) is 11.8 Å². The molecule has 2 aromatic carbocycles. The molecule has 3 rings (SSSR count). The molecule has 1 aliphatic heterocycles. The summed E-state index contributed by atoms with van der Waals surface area (Å²) in [4.78, 5) is 26.0. The molecule has 0 aliphatic carbocycles. The highest BCUT2D eigenvalue weighted by Gasteiger charge is 2.20. The van der Waals surface area contributed by atoms with Crippen LogP contribution in [0.25, 0.3) is 0 Å². The van der Waals surface area contributed by atoms with Gasteiger partial charge in [0.25, 0.3) is 0 Å². The Kier molecular flexibility index (Phi) is 5.49. The molecule has 4 nitrogen and oxygen atoms in total. The molecule has 4 heteroatoms. The number of benzene rings is 2. The normalized spacial score (nSPS) is 14.0. The molecule has 0 atom stereocenters. The number of carbonyl (C=O) groups excluding carboxylic acids is 2. The molecule has 2 aromatic rings. The summed E-state index contributed by atoms with van der Waals surface area (Å²) < 4.78 is 0. The van der Waals surface area contributed by atoms with Crippen molar-refractivity contribution in [1.82, 2.24) is 10.2 Å². The number of nitrogens with zero attached hydrogens (tertiary/aromatic N) is 1. The monoisotopic (exact) mass is 336 g/mol. The van der Waals surface area contributed by atoms with E-state index in [4.69, 9.17) is 0 Å². The molecule has 0 aromatic heterocycles. The fourth-order valence-corrected chi connectivity index (χ4v) is 3.22. The predicted molar refractivity (Wildman–Crippen MR) is 97.8 cm³/mol. The first-order chi connectivity index (χ1) is 12.1. The fourth-order valence-electron chi connectivity index (χ4n) is 3.22. The van der Waals surface area contributed by atoms with Crippen molar-refractivity contribution in [2.24, 2.45) is 0 Å². The van der Waals surface area contributed by atoms with E-state index in [-0.39, 0.29) is 11.8 Å². The Bertz CT molecular complexity index is 770. The minimum absolute atomic E-state index is 0.0117. The van der Waals surface area contributed by atoms with E-state index >= 15 is 0 Å². The van der Waals surface area contributed by atoms with Crippen molar-refractivity contribution < 1.29 is 9.59 Å². The Balaban J connectivity index is 1.59. The van der Waals surface area contributed by atoms with Crippen molar-refractivity contribution in [1.29, 1.82) is 0 Å². The van der Waals surface area contributed by atoms with E-state index in [1.165, 1.54) is 0 Å². The molecule has 0 bridgehead atoms. The zero-order chi connectivity index (χ0) is 17.6. The van der Waals surface area contributed by atoms with E-state index in [2.05, 4.69) is 5.32 Å². The van der Waals surface area contributed by atoms with Crippen LogP contribution in [0.15, 0.2) is 48.5 Å². The van der Waals surface area contributed by atoms with Gasteiger partial charge in [-0.25, -0.2) is 0 Å². The van der Waals surface area contributed by atoms with Crippen molar-refractivity contribution in [2.75, 3.05) is 6.54 Å². The molecule has 2 amide bonds. The van der Waals surface area contributed by atoms with Crippen molar-refractivity contribution in [3.8, 4) is 0 Å². The number of carbonyl (C=O) groups is 2. The van der Waals surface area contributed by atoms with Gasteiger partial charge in [0.15, 0.2) is 0 Å². The van der Waals surface area contributed by atoms with Crippen LogP contribution < -0.4 is 5.32 Å². The minimum atomic E-state index is 0.0117. The third-order valence-electron chi connectivity index (χ3n) is 4.57. The van der Waals surface area contributed by atoms with Crippen LogP contribution in [0, 0.1) is 6.92 Å². The van der Waals surface area contributed by atoms with Gasteiger partial charge in [-0.3, -0.25) is 9.59 Å². The van der Waals surface area contributed by atoms with Gasteiger partial charge in [-0.15, -0.1) is 0 Å². The Labute approximate surface area is 148 Å². The van der Waals surface area contributed by atoms with Crippen LogP contribution >= 0.6 is 0 Å². The fraction of sp³-hybridized carbons (Fsp3) is 0.333. The maximum absolute atomic E-state index is 12.2. The molecule has 1 N–H and O–H groups in total. The average molecular weight is 336 g/mol. The van der Waals surface area contributed by atoms with E-state index in [1.54, 1.807) is 0 Å². The van der Waals surface area contributed by atoms with E-state index < -0.39 is 0 Å². The molecule has 25 heavy (non-hydrogen) atoms. The van der Waals surface area contributed by atoms with Crippen LogP contribution in [0.4, 0.5) is 0 Å². The number of rotatable bonds is 6. The largest absolute Gasteiger partial charge is 0.352 e. The maximum Gasteiger partial charge on any atom is 0.224 e. The Hall–Kier alpha value is -2.62. The molecular formula is C21H24N2O2. The summed E-state index contributed by atoms with van der Waals surface area (Å²) in [5, 5.41) is 3.00. The van der Waals surface area contributed by atoms with Gasteiger partial charge in [0, 0.05) is 26.1 Å². The molecule has 1 heterocycles. The first kappa shape index (κ1) is 17.2. The summed E-state index contributed by atoms with van der Waals surface area (Å²) >= 11 is 0. The number of hydrogen-bond acceptors (Lipinski definition) is 2. The number of likely N-dealkylation sites (tertiary alicyclic amines) is 1. The van der Waals surface area contributed by atoms with Gasteiger partial charge in [-0.05, 0) is 30.0 Å². The second kappa shape index (κ2) is 7.97. The minimum Gasteiger partial charge on any atom is -0.352 e. The number of amides is 2. The molecule has 0 spiro atoms. The second-order valence-electron chi connectivity index (χ2n) is 6.63. The lowest BCUT2D eigenvalue weighted by Gasteiger charge is -2.18. The van der Waals surface area contributed by atoms with Crippen molar-refractivity contribution in [2.45, 2.75) is 39.3 Å². The van der Waals surface area contributed by atoms with Gasteiger partial charge in [0.1, 0.15) is 0 Å². The van der Waals surface area contributed by atoms with Crippen LogP contribution in [0.1, 0.15) is 35.1 Å². The summed E-state index contributed by atoms with van der Waals surface area (Å²) in [5.74, 6) is 0.232. The molecule has 1 saturated heterocycles. The summed E-state index contributed by atoms with van der Waals surface area (Å²) in [6.45, 7) is 3.97. The topological polar surface area (TPSA) is 49.4 Å². The quantitative estimate of drug-likeness (QED) is 0.882. The number of aryl methyl sites for hydroxylation is 1. The average Bonchev–Trinajstić information content (AvgIpc) is 2.99. The summed E-state index contributed by atoms with van der Waals surface area (Å²) in [6, 6.07) is 16.0. The third-order valence-corrected chi connectivity index (χ3v) is 4.57. The zero-order valence-corrected chi connectivity index (χ0v) is 14.6. The van der Waals surface area contributed by atoms with E-state index in [0.29, 0.717) is 25.9 Å². The molecule has 0 radical (unpaired) electrons. The maximum atomic E-state index is 12.2. The first-order valence-electron chi connectivity index (χ1n) is 8.78. The summed E-state index contributed by atoms with van der Waals surface area (Å²) in [7, 11) is 0. The van der Waals surface area contributed by atoms with E-state index in [9.17, 15) is 9.59 Å². The molecule has 130 valence electrons. The lowest BCUT2D eigenvalue weighted by Crippen LogP contribution is -2.27. The van der Waals surface area contributed by atoms with Crippen molar-refractivity contribution in [3.05, 3.63) is 70.8 Å². The van der Waals surface area contributed by atoms with Crippen LogP contribution in [-0.2, 0) is 29.1 Å². The highest BCUT2D eigenvalue weighted by molar-refractivity contribution is 5.79. The molecule has 0 unspecified atom stereocenters. The standard InChI is InChI=1S/C21H24N2O2/c1-16-6-4-7-17(12-16)13-20(24)22-14-18-8-2-3-9-19(18)15-23-11-5-10-21(23)25/h2-4,6-9,12H,5,10-11,13-15H2,1H3,(H,22,24). The van der Waals surface area contributed by atoms with Crippen LogP contribution in [0.5, 0.6) is 0 Å². The Morgan fingerprint density at radius 2 is 1.92 bits per heavy atom. The van der Waals surface area contributed by atoms with Crippen LogP contribution in [0.2, 0.25) is 0 Å². The second-order valence-corrected chi connectivity index (χ2v) is 6.63. The van der Waals surface area contributed by atoms with Gasteiger partial charge in [0.05, 0.1) is 6.42 Å². The Morgan fingerprint density at radius 1 is 1.12 bits per heavy atom. The summed E-state index contributed by atoms with van der Waals surface area (Å²) in [5.41, 5.74) is 4.35.